The number of likely N-dealkylation sites (tertiary alicyclic amines) is 1. The van der Waals surface area contributed by atoms with Crippen LogP contribution in [0.3, 0.4) is 0 Å². The van der Waals surface area contributed by atoms with Crippen molar-refractivity contribution in [3.63, 3.8) is 0 Å². The number of carbonyl (C=O) groups is 2. The predicted octanol–water partition coefficient (Wildman–Crippen LogP) is 3.81. The number of amides is 2. The van der Waals surface area contributed by atoms with Crippen molar-refractivity contribution in [2.75, 3.05) is 6.54 Å². The van der Waals surface area contributed by atoms with Crippen molar-refractivity contribution in [1.29, 1.82) is 5.26 Å². The van der Waals surface area contributed by atoms with Crippen LogP contribution in [0, 0.1) is 11.3 Å². The molecule has 1 aliphatic rings. The molecule has 0 unspecified atom stereocenters. The van der Waals surface area contributed by atoms with Crippen LogP contribution in [0.25, 0.3) is 0 Å². The lowest BCUT2D eigenvalue weighted by molar-refractivity contribution is -0.135. The molecule has 1 heterocycles. The molecule has 0 spiro atoms. The standard InChI is InChI=1S/C20H17ClN2O3/c21-16-8-6-15(7-9-16)19(24)23-12-2-1-3-18(20(23)25)26-17-10-4-14(13-22)5-11-17/h4-11,18H,1-3,12H2/t18-/m1/s1. The molecule has 1 atom stereocenters. The van der Waals surface area contributed by atoms with E-state index in [-0.39, 0.29) is 11.8 Å². The van der Waals surface area contributed by atoms with Gasteiger partial charge < -0.3 is 4.74 Å². The van der Waals surface area contributed by atoms with Gasteiger partial charge in [-0.3, -0.25) is 14.5 Å². The van der Waals surface area contributed by atoms with Gasteiger partial charge >= 0.3 is 0 Å². The van der Waals surface area contributed by atoms with Gasteiger partial charge in [-0.25, -0.2) is 0 Å². The first-order valence-corrected chi connectivity index (χ1v) is 8.74. The second kappa shape index (κ2) is 8.03. The van der Waals surface area contributed by atoms with Crippen molar-refractivity contribution >= 4 is 23.4 Å². The Hall–Kier alpha value is -2.84. The summed E-state index contributed by atoms with van der Waals surface area (Å²) in [5.41, 5.74) is 0.936. The van der Waals surface area contributed by atoms with Gasteiger partial charge in [0.25, 0.3) is 11.8 Å². The van der Waals surface area contributed by atoms with Crippen LogP contribution in [-0.2, 0) is 4.79 Å². The van der Waals surface area contributed by atoms with E-state index in [0.717, 1.165) is 12.8 Å². The molecule has 0 bridgehead atoms. The van der Waals surface area contributed by atoms with Gasteiger partial charge in [0, 0.05) is 17.1 Å². The molecular formula is C20H17ClN2O3. The van der Waals surface area contributed by atoms with Crippen LogP contribution in [0.2, 0.25) is 5.02 Å². The summed E-state index contributed by atoms with van der Waals surface area (Å²) >= 11 is 5.86. The molecule has 6 heteroatoms. The molecule has 3 rings (SSSR count). The molecule has 5 nitrogen and oxygen atoms in total. The minimum Gasteiger partial charge on any atom is -0.481 e. The first kappa shape index (κ1) is 18.0. The largest absolute Gasteiger partial charge is 0.481 e. The van der Waals surface area contributed by atoms with Gasteiger partial charge in [-0.15, -0.1) is 0 Å². The molecule has 132 valence electrons. The maximum absolute atomic E-state index is 12.9. The maximum Gasteiger partial charge on any atom is 0.270 e. The third kappa shape index (κ3) is 4.04. The number of hydrogen-bond acceptors (Lipinski definition) is 4. The maximum atomic E-state index is 12.9. The molecular weight excluding hydrogens is 352 g/mol. The average molecular weight is 369 g/mol. The number of benzene rings is 2. The normalized spacial score (nSPS) is 17.3. The Morgan fingerprint density at radius 2 is 1.81 bits per heavy atom. The number of ether oxygens (including phenoxy) is 1. The van der Waals surface area contributed by atoms with E-state index in [1.165, 1.54) is 4.90 Å². The Labute approximate surface area is 156 Å². The molecule has 26 heavy (non-hydrogen) atoms. The Morgan fingerprint density at radius 1 is 1.12 bits per heavy atom. The van der Waals surface area contributed by atoms with Gasteiger partial charge in [0.05, 0.1) is 11.6 Å². The molecule has 0 aliphatic carbocycles. The monoisotopic (exact) mass is 368 g/mol. The zero-order chi connectivity index (χ0) is 18.5. The van der Waals surface area contributed by atoms with Crippen LogP contribution in [0.1, 0.15) is 35.2 Å². The zero-order valence-corrected chi connectivity index (χ0v) is 14.8. The summed E-state index contributed by atoms with van der Waals surface area (Å²) in [6.45, 7) is 0.369. The van der Waals surface area contributed by atoms with Gasteiger partial charge in [-0.1, -0.05) is 11.6 Å². The fourth-order valence-corrected chi connectivity index (χ4v) is 2.96. The average Bonchev–Trinajstić information content (AvgIpc) is 2.84. The highest BCUT2D eigenvalue weighted by Crippen LogP contribution is 2.22. The van der Waals surface area contributed by atoms with Gasteiger partial charge in [-0.05, 0) is 67.8 Å². The Kier molecular flexibility index (Phi) is 5.55. The summed E-state index contributed by atoms with van der Waals surface area (Å²) < 4.78 is 5.81. The fraction of sp³-hybridized carbons (Fsp3) is 0.250. The molecule has 1 aliphatic heterocycles. The molecule has 2 aromatic rings. The summed E-state index contributed by atoms with van der Waals surface area (Å²) in [5.74, 6) is -0.183. The second-order valence-corrected chi connectivity index (χ2v) is 6.48. The number of carbonyl (C=O) groups excluding carboxylic acids is 2. The van der Waals surface area contributed by atoms with E-state index in [0.29, 0.717) is 34.9 Å². The van der Waals surface area contributed by atoms with Crippen LogP contribution in [-0.4, -0.2) is 29.4 Å². The number of rotatable bonds is 3. The fourth-order valence-electron chi connectivity index (χ4n) is 2.84. The Balaban J connectivity index is 1.77. The van der Waals surface area contributed by atoms with Crippen LogP contribution in [0.4, 0.5) is 0 Å². The summed E-state index contributed by atoms with van der Waals surface area (Å²) in [6, 6.07) is 15.1. The van der Waals surface area contributed by atoms with E-state index in [9.17, 15) is 9.59 Å². The van der Waals surface area contributed by atoms with Gasteiger partial charge in [-0.2, -0.15) is 5.26 Å². The first-order valence-electron chi connectivity index (χ1n) is 8.36. The lowest BCUT2D eigenvalue weighted by Gasteiger charge is -2.23. The van der Waals surface area contributed by atoms with E-state index < -0.39 is 6.10 Å². The Bertz CT molecular complexity index is 841. The van der Waals surface area contributed by atoms with Crippen LogP contribution in [0.5, 0.6) is 5.75 Å². The van der Waals surface area contributed by atoms with Crippen molar-refractivity contribution in [3.05, 3.63) is 64.7 Å². The van der Waals surface area contributed by atoms with Crippen molar-refractivity contribution in [3.8, 4) is 11.8 Å². The molecule has 0 N–H and O–H groups in total. The minimum atomic E-state index is -0.721. The third-order valence-electron chi connectivity index (χ3n) is 4.24. The molecule has 2 amide bonds. The topological polar surface area (TPSA) is 70.4 Å². The van der Waals surface area contributed by atoms with Crippen LogP contribution in [0.15, 0.2) is 48.5 Å². The smallest absolute Gasteiger partial charge is 0.270 e. The van der Waals surface area contributed by atoms with Gasteiger partial charge in [0.1, 0.15) is 5.75 Å². The minimum absolute atomic E-state index is 0.341. The van der Waals surface area contributed by atoms with E-state index in [1.807, 2.05) is 6.07 Å². The molecule has 1 saturated heterocycles. The van der Waals surface area contributed by atoms with E-state index in [2.05, 4.69) is 0 Å². The van der Waals surface area contributed by atoms with E-state index in [4.69, 9.17) is 21.6 Å². The SMILES string of the molecule is N#Cc1ccc(O[C@@H]2CCCCN(C(=O)c3ccc(Cl)cc3)C2=O)cc1. The third-order valence-corrected chi connectivity index (χ3v) is 4.49. The molecule has 0 saturated carbocycles. The summed E-state index contributed by atoms with van der Waals surface area (Å²) in [5, 5.41) is 9.39. The first-order chi connectivity index (χ1) is 12.6. The zero-order valence-electron chi connectivity index (χ0n) is 14.0. The summed E-state index contributed by atoms with van der Waals surface area (Å²) in [7, 11) is 0. The molecule has 0 radical (unpaired) electrons. The van der Waals surface area contributed by atoms with Crippen molar-refractivity contribution in [2.24, 2.45) is 0 Å². The van der Waals surface area contributed by atoms with Gasteiger partial charge in [0.15, 0.2) is 6.10 Å². The highest BCUT2D eigenvalue weighted by Gasteiger charge is 2.32. The lowest BCUT2D eigenvalue weighted by atomic mass is 10.1. The quantitative estimate of drug-likeness (QED) is 0.772. The number of imide groups is 1. The summed E-state index contributed by atoms with van der Waals surface area (Å²) in [6.07, 6.45) is 1.35. The van der Waals surface area contributed by atoms with E-state index in [1.54, 1.807) is 48.5 Å². The molecule has 1 fully saturated rings. The lowest BCUT2D eigenvalue weighted by Crippen LogP contribution is -2.44. The number of nitriles is 1. The Morgan fingerprint density at radius 3 is 2.46 bits per heavy atom. The highest BCUT2D eigenvalue weighted by atomic mass is 35.5. The summed E-state index contributed by atoms with van der Waals surface area (Å²) in [4.78, 5) is 26.8. The highest BCUT2D eigenvalue weighted by molar-refractivity contribution is 6.30. The van der Waals surface area contributed by atoms with Crippen LogP contribution >= 0.6 is 11.6 Å². The van der Waals surface area contributed by atoms with E-state index >= 15 is 0 Å². The number of nitrogens with zero attached hydrogens (tertiary/aromatic N) is 2. The number of halogens is 1. The van der Waals surface area contributed by atoms with Crippen molar-refractivity contribution in [2.45, 2.75) is 25.4 Å². The van der Waals surface area contributed by atoms with Crippen molar-refractivity contribution < 1.29 is 14.3 Å². The van der Waals surface area contributed by atoms with Gasteiger partial charge in [0.2, 0.25) is 0 Å². The molecule has 0 aromatic heterocycles. The van der Waals surface area contributed by atoms with Crippen LogP contribution < -0.4 is 4.74 Å². The molecule has 2 aromatic carbocycles. The number of hydrogen-bond donors (Lipinski definition) is 0. The van der Waals surface area contributed by atoms with Crippen molar-refractivity contribution in [1.82, 2.24) is 4.90 Å². The second-order valence-electron chi connectivity index (χ2n) is 6.04. The predicted molar refractivity (Wildman–Crippen MR) is 96.9 cm³/mol.